The molecule has 0 spiro atoms. The van der Waals surface area contributed by atoms with Crippen molar-refractivity contribution in [2.75, 3.05) is 58.9 Å². The zero-order valence-electron chi connectivity index (χ0n) is 18.9. The van der Waals surface area contributed by atoms with Gasteiger partial charge in [-0.1, -0.05) is 0 Å². The summed E-state index contributed by atoms with van der Waals surface area (Å²) in [7, 11) is 0.0157. The smallest absolute Gasteiger partial charge is 0.257 e. The summed E-state index contributed by atoms with van der Waals surface area (Å²) in [5.41, 5.74) is 0.953. The maximum Gasteiger partial charge on any atom is 0.257 e. The maximum atomic E-state index is 12.8. The highest BCUT2D eigenvalue weighted by Crippen LogP contribution is 2.26. The lowest BCUT2D eigenvalue weighted by Gasteiger charge is -2.31. The number of hydrogen-bond acceptors (Lipinski definition) is 7. The molecule has 3 rings (SSSR count). The number of anilines is 1. The van der Waals surface area contributed by atoms with Crippen LogP contribution >= 0.6 is 28.1 Å². The lowest BCUT2D eigenvalue weighted by Crippen LogP contribution is -2.46. The number of rotatable bonds is 8. The van der Waals surface area contributed by atoms with Crippen LogP contribution in [0.5, 0.6) is 5.75 Å². The van der Waals surface area contributed by atoms with E-state index in [0.717, 1.165) is 0 Å². The Hall–Kier alpha value is -2.09. The van der Waals surface area contributed by atoms with Gasteiger partial charge in [0, 0.05) is 44.5 Å². The van der Waals surface area contributed by atoms with Crippen molar-refractivity contribution in [1.82, 2.24) is 14.5 Å². The first-order chi connectivity index (χ1) is 16.2. The minimum atomic E-state index is -3.55. The number of ether oxygens (including phenoxy) is 2. The molecule has 1 aliphatic rings. The second-order valence-electron chi connectivity index (χ2n) is 7.63. The standard InChI is InChI=1S/C22H27BrN4O5S2/c1-26-9-11-27(12-10-26)34(29,30)18-6-4-17(5-7-18)24-22(33)25-21(28)16-3-8-20(19(23)15-16)32-14-13-31-2/h3-8,15H,9-14H2,1-2H3,(H2,24,25,28,33). The number of methoxy groups -OCH3 is 1. The molecule has 12 heteroatoms. The van der Waals surface area contributed by atoms with E-state index in [1.165, 1.54) is 16.4 Å². The van der Waals surface area contributed by atoms with E-state index in [1.54, 1.807) is 37.4 Å². The number of thiocarbonyl (C=S) groups is 1. The van der Waals surface area contributed by atoms with Crippen molar-refractivity contribution in [3.63, 3.8) is 0 Å². The summed E-state index contributed by atoms with van der Waals surface area (Å²) in [5.74, 6) is 0.205. The van der Waals surface area contributed by atoms with Crippen LogP contribution in [-0.4, -0.2) is 82.2 Å². The van der Waals surface area contributed by atoms with Gasteiger partial charge in [0.1, 0.15) is 12.4 Å². The zero-order chi connectivity index (χ0) is 24.7. The Morgan fingerprint density at radius 1 is 1.09 bits per heavy atom. The molecule has 0 radical (unpaired) electrons. The third-order valence-corrected chi connectivity index (χ3v) is 7.92. The van der Waals surface area contributed by atoms with Crippen LogP contribution in [0.15, 0.2) is 51.8 Å². The van der Waals surface area contributed by atoms with Gasteiger partial charge in [0.05, 0.1) is 16.0 Å². The van der Waals surface area contributed by atoms with Gasteiger partial charge in [-0.25, -0.2) is 8.42 Å². The van der Waals surface area contributed by atoms with Crippen molar-refractivity contribution < 1.29 is 22.7 Å². The quantitative estimate of drug-likeness (QED) is 0.369. The van der Waals surface area contributed by atoms with E-state index in [0.29, 0.717) is 60.9 Å². The summed E-state index contributed by atoms with van der Waals surface area (Å²) < 4.78 is 38.3. The first-order valence-corrected chi connectivity index (χ1v) is 13.2. The summed E-state index contributed by atoms with van der Waals surface area (Å²) in [5, 5.41) is 5.61. The predicted molar refractivity (Wildman–Crippen MR) is 138 cm³/mol. The third-order valence-electron chi connectivity index (χ3n) is 5.18. The molecule has 2 N–H and O–H groups in total. The molecule has 0 aliphatic carbocycles. The van der Waals surface area contributed by atoms with E-state index < -0.39 is 15.9 Å². The fourth-order valence-corrected chi connectivity index (χ4v) is 5.35. The summed E-state index contributed by atoms with van der Waals surface area (Å²) >= 11 is 8.63. The summed E-state index contributed by atoms with van der Waals surface area (Å²) in [6.45, 7) is 3.18. The number of nitrogens with one attached hydrogen (secondary N) is 2. The van der Waals surface area contributed by atoms with Crippen molar-refractivity contribution in [2.45, 2.75) is 4.90 Å². The van der Waals surface area contributed by atoms with Gasteiger partial charge in [0.25, 0.3) is 5.91 Å². The van der Waals surface area contributed by atoms with Crippen molar-refractivity contribution in [2.24, 2.45) is 0 Å². The van der Waals surface area contributed by atoms with Crippen LogP contribution in [-0.2, 0) is 14.8 Å². The maximum absolute atomic E-state index is 12.8. The van der Waals surface area contributed by atoms with Gasteiger partial charge in [0.2, 0.25) is 10.0 Å². The van der Waals surface area contributed by atoms with Gasteiger partial charge in [-0.15, -0.1) is 0 Å². The van der Waals surface area contributed by atoms with E-state index in [-0.39, 0.29) is 10.0 Å². The van der Waals surface area contributed by atoms with Crippen LogP contribution in [0.3, 0.4) is 0 Å². The Kier molecular flexibility index (Phi) is 9.39. The number of hydrogen-bond donors (Lipinski definition) is 2. The Balaban J connectivity index is 1.56. The van der Waals surface area contributed by atoms with Crippen molar-refractivity contribution in [3.8, 4) is 5.75 Å². The second-order valence-corrected chi connectivity index (χ2v) is 10.8. The van der Waals surface area contributed by atoms with Crippen LogP contribution in [0.1, 0.15) is 10.4 Å². The fourth-order valence-electron chi connectivity index (χ4n) is 3.22. The SMILES string of the molecule is COCCOc1ccc(C(=O)NC(=S)Nc2ccc(S(=O)(=O)N3CCN(C)CC3)cc2)cc1Br. The number of amides is 1. The predicted octanol–water partition coefficient (Wildman–Crippen LogP) is 2.54. The number of carbonyl (C=O) groups is 1. The van der Waals surface area contributed by atoms with Crippen LogP contribution in [0.25, 0.3) is 0 Å². The number of carbonyl (C=O) groups excluding carboxylic acids is 1. The molecule has 0 unspecified atom stereocenters. The highest BCUT2D eigenvalue weighted by molar-refractivity contribution is 9.10. The minimum absolute atomic E-state index is 0.0937. The van der Waals surface area contributed by atoms with Crippen LogP contribution in [0.4, 0.5) is 5.69 Å². The molecule has 1 saturated heterocycles. The third kappa shape index (κ3) is 6.96. The molecule has 0 aromatic heterocycles. The molecule has 184 valence electrons. The average Bonchev–Trinajstić information content (AvgIpc) is 2.80. The Morgan fingerprint density at radius 2 is 1.76 bits per heavy atom. The van der Waals surface area contributed by atoms with E-state index in [1.807, 2.05) is 7.05 Å². The van der Waals surface area contributed by atoms with Gasteiger partial charge < -0.3 is 19.7 Å². The highest BCUT2D eigenvalue weighted by Gasteiger charge is 2.27. The van der Waals surface area contributed by atoms with Crippen molar-refractivity contribution in [1.29, 1.82) is 0 Å². The van der Waals surface area contributed by atoms with Gasteiger partial charge in [0.15, 0.2) is 5.11 Å². The molecule has 2 aromatic rings. The Labute approximate surface area is 213 Å². The monoisotopic (exact) mass is 570 g/mol. The van der Waals surface area contributed by atoms with Crippen molar-refractivity contribution in [3.05, 3.63) is 52.5 Å². The average molecular weight is 572 g/mol. The molecule has 1 amide bonds. The first kappa shape index (κ1) is 26.5. The van der Waals surface area contributed by atoms with Crippen LogP contribution in [0.2, 0.25) is 0 Å². The normalized spacial score (nSPS) is 15.0. The number of sulfonamides is 1. The summed E-state index contributed by atoms with van der Waals surface area (Å²) in [4.78, 5) is 14.9. The highest BCUT2D eigenvalue weighted by atomic mass is 79.9. The Bertz CT molecular complexity index is 1120. The van der Waals surface area contributed by atoms with Gasteiger partial charge >= 0.3 is 0 Å². The number of nitrogens with zero attached hydrogens (tertiary/aromatic N) is 2. The number of benzene rings is 2. The molecular weight excluding hydrogens is 544 g/mol. The molecule has 0 saturated carbocycles. The molecule has 0 atom stereocenters. The molecular formula is C22H27BrN4O5S2. The lowest BCUT2D eigenvalue weighted by molar-refractivity contribution is 0.0977. The van der Waals surface area contributed by atoms with E-state index in [2.05, 4.69) is 31.5 Å². The van der Waals surface area contributed by atoms with E-state index in [4.69, 9.17) is 21.7 Å². The van der Waals surface area contributed by atoms with E-state index in [9.17, 15) is 13.2 Å². The molecule has 2 aromatic carbocycles. The number of piperazine rings is 1. The van der Waals surface area contributed by atoms with Gasteiger partial charge in [-0.2, -0.15) is 4.31 Å². The number of likely N-dealkylation sites (N-methyl/N-ethyl adjacent to an activating group) is 1. The number of halogens is 1. The fraction of sp³-hybridized carbons (Fsp3) is 0.364. The molecule has 34 heavy (non-hydrogen) atoms. The zero-order valence-corrected chi connectivity index (χ0v) is 22.1. The minimum Gasteiger partial charge on any atom is -0.490 e. The Morgan fingerprint density at radius 3 is 2.38 bits per heavy atom. The van der Waals surface area contributed by atoms with E-state index >= 15 is 0 Å². The van der Waals surface area contributed by atoms with Crippen molar-refractivity contribution >= 4 is 54.9 Å². The largest absolute Gasteiger partial charge is 0.490 e. The molecule has 9 nitrogen and oxygen atoms in total. The van der Waals surface area contributed by atoms with Crippen LogP contribution < -0.4 is 15.4 Å². The van der Waals surface area contributed by atoms with Gasteiger partial charge in [-0.3, -0.25) is 10.1 Å². The summed E-state index contributed by atoms with van der Waals surface area (Å²) in [6.07, 6.45) is 0. The molecule has 1 heterocycles. The topological polar surface area (TPSA) is 100 Å². The second kappa shape index (κ2) is 12.0. The first-order valence-electron chi connectivity index (χ1n) is 10.5. The molecule has 1 aliphatic heterocycles. The van der Waals surface area contributed by atoms with Crippen LogP contribution in [0, 0.1) is 0 Å². The lowest BCUT2D eigenvalue weighted by atomic mass is 10.2. The van der Waals surface area contributed by atoms with Gasteiger partial charge in [-0.05, 0) is 77.7 Å². The summed E-state index contributed by atoms with van der Waals surface area (Å²) in [6, 6.07) is 11.2. The molecule has 0 bridgehead atoms. The molecule has 1 fully saturated rings.